The predicted molar refractivity (Wildman–Crippen MR) is 92.0 cm³/mol. The fraction of sp³-hybridized carbons (Fsp3) is 0. The summed E-state index contributed by atoms with van der Waals surface area (Å²) in [4.78, 5) is 18.2. The number of carbonyl (C=O) groups is 1. The molecule has 0 aliphatic rings. The highest BCUT2D eigenvalue weighted by atomic mass is 32.2. The van der Waals surface area contributed by atoms with Crippen LogP contribution in [0.3, 0.4) is 0 Å². The smallest absolute Gasteiger partial charge is 0.336 e. The Labute approximate surface area is 142 Å². The second-order valence-corrected chi connectivity index (χ2v) is 6.78. The van der Waals surface area contributed by atoms with Crippen LogP contribution in [0.4, 0.5) is 5.69 Å². The van der Waals surface area contributed by atoms with Crippen LogP contribution in [0, 0.1) is 0 Å². The number of primary sulfonamides is 1. The summed E-state index contributed by atoms with van der Waals surface area (Å²) >= 11 is 0. The first-order chi connectivity index (χ1) is 11.8. The lowest BCUT2D eigenvalue weighted by atomic mass is 10.1. The summed E-state index contributed by atoms with van der Waals surface area (Å²) in [6.07, 6.45) is 1.31. The van der Waals surface area contributed by atoms with Gasteiger partial charge in [-0.15, -0.1) is 0 Å². The van der Waals surface area contributed by atoms with Crippen molar-refractivity contribution in [2.45, 2.75) is 4.90 Å². The molecule has 0 saturated carbocycles. The summed E-state index contributed by atoms with van der Waals surface area (Å²) in [5.41, 5.74) is 1.13. The van der Waals surface area contributed by atoms with Gasteiger partial charge in [0.25, 0.3) is 0 Å². The number of aliphatic imine (C=N–C) groups is 1. The van der Waals surface area contributed by atoms with E-state index in [0.717, 1.165) is 0 Å². The number of aromatic nitrogens is 1. The van der Waals surface area contributed by atoms with E-state index in [0.29, 0.717) is 16.6 Å². The number of aromatic hydroxyl groups is 1. The van der Waals surface area contributed by atoms with E-state index in [1.165, 1.54) is 36.5 Å². The van der Waals surface area contributed by atoms with Crippen molar-refractivity contribution in [1.82, 2.24) is 4.98 Å². The van der Waals surface area contributed by atoms with Crippen LogP contribution in [0.25, 0.3) is 10.9 Å². The number of sulfonamides is 1. The van der Waals surface area contributed by atoms with E-state index in [1.807, 2.05) is 0 Å². The summed E-state index contributed by atoms with van der Waals surface area (Å²) in [5, 5.41) is 24.7. The molecule has 25 heavy (non-hydrogen) atoms. The number of nitrogens with zero attached hydrogens (tertiary/aromatic N) is 1. The number of carboxylic acids is 1. The van der Waals surface area contributed by atoms with Crippen LogP contribution in [0.15, 0.2) is 52.4 Å². The summed E-state index contributed by atoms with van der Waals surface area (Å²) < 4.78 is 22.5. The number of aromatic carboxylic acids is 1. The minimum Gasteiger partial charge on any atom is -0.494 e. The highest BCUT2D eigenvalue weighted by molar-refractivity contribution is 7.89. The quantitative estimate of drug-likeness (QED) is 0.526. The fourth-order valence-corrected chi connectivity index (χ4v) is 2.94. The fourth-order valence-electron chi connectivity index (χ4n) is 2.42. The number of benzene rings is 2. The van der Waals surface area contributed by atoms with Crippen molar-refractivity contribution in [1.29, 1.82) is 0 Å². The lowest BCUT2D eigenvalue weighted by Gasteiger charge is -2.00. The molecule has 1 heterocycles. The zero-order valence-electron chi connectivity index (χ0n) is 12.7. The number of nitrogens with two attached hydrogens (primary N) is 1. The maximum absolute atomic E-state index is 11.4. The first kappa shape index (κ1) is 16.7. The molecule has 0 fully saturated rings. The summed E-state index contributed by atoms with van der Waals surface area (Å²) in [7, 11) is -3.79. The van der Waals surface area contributed by atoms with E-state index in [2.05, 4.69) is 9.98 Å². The number of hydrogen-bond acceptors (Lipinski definition) is 5. The number of carboxylic acid groups (broad SMARTS) is 1. The number of nitrogens with one attached hydrogen (secondary N) is 1. The van der Waals surface area contributed by atoms with E-state index < -0.39 is 16.0 Å². The van der Waals surface area contributed by atoms with Crippen LogP contribution in [-0.4, -0.2) is 35.8 Å². The topological polar surface area (TPSA) is 146 Å². The first-order valence-electron chi connectivity index (χ1n) is 7.01. The predicted octanol–water partition coefficient (Wildman–Crippen LogP) is 1.97. The molecular formula is C16H13N3O5S. The van der Waals surface area contributed by atoms with Crippen LogP contribution in [0.5, 0.6) is 5.88 Å². The summed E-state index contributed by atoms with van der Waals surface area (Å²) in [6, 6.07) is 10.1. The molecule has 0 unspecified atom stereocenters. The van der Waals surface area contributed by atoms with Crippen LogP contribution in [0.1, 0.15) is 15.9 Å². The molecule has 0 saturated heterocycles. The van der Waals surface area contributed by atoms with E-state index in [9.17, 15) is 23.4 Å². The average molecular weight is 359 g/mol. The molecule has 5 N–H and O–H groups in total. The largest absolute Gasteiger partial charge is 0.494 e. The highest BCUT2D eigenvalue weighted by Crippen LogP contribution is 2.29. The molecular weight excluding hydrogens is 346 g/mol. The van der Waals surface area contributed by atoms with Gasteiger partial charge in [-0.25, -0.2) is 18.4 Å². The normalized spacial score (nSPS) is 12.0. The molecule has 3 rings (SSSR count). The van der Waals surface area contributed by atoms with Gasteiger partial charge >= 0.3 is 5.97 Å². The summed E-state index contributed by atoms with van der Waals surface area (Å²) in [5.74, 6) is -1.34. The van der Waals surface area contributed by atoms with Gasteiger partial charge in [-0.2, -0.15) is 0 Å². The highest BCUT2D eigenvalue weighted by Gasteiger charge is 2.16. The Morgan fingerprint density at radius 3 is 2.44 bits per heavy atom. The maximum Gasteiger partial charge on any atom is 0.336 e. The molecule has 0 radical (unpaired) electrons. The SMILES string of the molecule is NS(=O)(=O)c1ccc(N=Cc2c(O)[nH]c3cccc(C(=O)O)c23)cc1. The Kier molecular flexibility index (Phi) is 4.03. The van der Waals surface area contributed by atoms with Gasteiger partial charge in [-0.3, -0.25) is 4.99 Å². The minimum absolute atomic E-state index is 0.0278. The zero-order chi connectivity index (χ0) is 18.2. The second kappa shape index (κ2) is 6.04. The molecule has 8 nitrogen and oxygen atoms in total. The number of aromatic amines is 1. The molecule has 128 valence electrons. The molecule has 0 aliphatic heterocycles. The van der Waals surface area contributed by atoms with Gasteiger partial charge in [0.2, 0.25) is 10.0 Å². The Morgan fingerprint density at radius 1 is 1.16 bits per heavy atom. The van der Waals surface area contributed by atoms with Crippen molar-refractivity contribution in [3.63, 3.8) is 0 Å². The molecule has 9 heteroatoms. The molecule has 3 aromatic rings. The van der Waals surface area contributed by atoms with Crippen LogP contribution < -0.4 is 5.14 Å². The number of rotatable bonds is 4. The maximum atomic E-state index is 11.4. The molecule has 0 bridgehead atoms. The zero-order valence-corrected chi connectivity index (χ0v) is 13.5. The van der Waals surface area contributed by atoms with E-state index in [1.54, 1.807) is 12.1 Å². The van der Waals surface area contributed by atoms with Crippen molar-refractivity contribution >= 4 is 38.8 Å². The third-order valence-electron chi connectivity index (χ3n) is 3.58. The molecule has 0 aliphatic carbocycles. The van der Waals surface area contributed by atoms with Crippen LogP contribution >= 0.6 is 0 Å². The third-order valence-corrected chi connectivity index (χ3v) is 4.51. The van der Waals surface area contributed by atoms with Gasteiger partial charge in [0.15, 0.2) is 5.88 Å². The number of fused-ring (bicyclic) bond motifs is 1. The average Bonchev–Trinajstić information content (AvgIpc) is 2.87. The first-order valence-corrected chi connectivity index (χ1v) is 8.56. The van der Waals surface area contributed by atoms with Gasteiger partial charge in [0.1, 0.15) is 0 Å². The van der Waals surface area contributed by atoms with Crippen LogP contribution in [0.2, 0.25) is 0 Å². The van der Waals surface area contributed by atoms with Gasteiger partial charge in [-0.05, 0) is 36.4 Å². The van der Waals surface area contributed by atoms with Gasteiger partial charge < -0.3 is 15.2 Å². The monoisotopic (exact) mass is 359 g/mol. The Hall–Kier alpha value is -3.17. The standard InChI is InChI=1S/C16H13N3O5S/c17-25(23,24)10-6-4-9(5-7-10)18-8-12-14-11(16(21)22)2-1-3-13(14)19-15(12)20/h1-8,19-20H,(H,21,22)(H2,17,23,24). The minimum atomic E-state index is -3.79. The van der Waals surface area contributed by atoms with E-state index >= 15 is 0 Å². The van der Waals surface area contributed by atoms with Gasteiger partial charge in [0.05, 0.1) is 21.7 Å². The van der Waals surface area contributed by atoms with Crippen molar-refractivity contribution in [2.24, 2.45) is 10.1 Å². The van der Waals surface area contributed by atoms with Gasteiger partial charge in [-0.1, -0.05) is 6.07 Å². The van der Waals surface area contributed by atoms with Gasteiger partial charge in [0, 0.05) is 17.1 Å². The molecule has 0 amide bonds. The molecule has 1 aromatic heterocycles. The van der Waals surface area contributed by atoms with E-state index in [-0.39, 0.29) is 21.9 Å². The van der Waals surface area contributed by atoms with Crippen molar-refractivity contribution in [3.8, 4) is 5.88 Å². The molecule has 2 aromatic carbocycles. The van der Waals surface area contributed by atoms with Crippen molar-refractivity contribution < 1.29 is 23.4 Å². The Bertz CT molecular complexity index is 1100. The number of hydrogen-bond donors (Lipinski definition) is 4. The summed E-state index contributed by atoms with van der Waals surface area (Å²) in [6.45, 7) is 0. The lowest BCUT2D eigenvalue weighted by molar-refractivity contribution is 0.0699. The lowest BCUT2D eigenvalue weighted by Crippen LogP contribution is -2.11. The van der Waals surface area contributed by atoms with Crippen LogP contribution in [-0.2, 0) is 10.0 Å². The number of H-pyrrole nitrogens is 1. The Morgan fingerprint density at radius 2 is 1.84 bits per heavy atom. The van der Waals surface area contributed by atoms with Crippen molar-refractivity contribution in [3.05, 3.63) is 53.6 Å². The van der Waals surface area contributed by atoms with E-state index in [4.69, 9.17) is 5.14 Å². The molecule has 0 spiro atoms. The second-order valence-electron chi connectivity index (χ2n) is 5.22. The third kappa shape index (κ3) is 3.23. The Balaban J connectivity index is 2.04. The molecule has 0 atom stereocenters. The van der Waals surface area contributed by atoms with Crippen molar-refractivity contribution in [2.75, 3.05) is 0 Å².